The molecule has 0 saturated heterocycles. The molecule has 0 radical (unpaired) electrons. The number of thiophene rings is 1. The van der Waals surface area contributed by atoms with E-state index in [4.69, 9.17) is 0 Å². The van der Waals surface area contributed by atoms with Gasteiger partial charge in [0, 0.05) is 11.3 Å². The van der Waals surface area contributed by atoms with Gasteiger partial charge in [-0.15, -0.1) is 11.3 Å². The van der Waals surface area contributed by atoms with Crippen LogP contribution in [0.5, 0.6) is 0 Å². The highest BCUT2D eigenvalue weighted by atomic mass is 32.1. The third kappa shape index (κ3) is 4.40. The van der Waals surface area contributed by atoms with Gasteiger partial charge >= 0.3 is 6.18 Å². The van der Waals surface area contributed by atoms with E-state index < -0.39 is 17.8 Å². The number of halogens is 3. The van der Waals surface area contributed by atoms with Crippen LogP contribution in [0.2, 0.25) is 0 Å². The molecule has 3 aromatic rings. The third-order valence-corrected chi connectivity index (χ3v) is 5.64. The fourth-order valence-corrected chi connectivity index (χ4v) is 3.72. The number of benzene rings is 1. The van der Waals surface area contributed by atoms with Crippen molar-refractivity contribution in [3.8, 4) is 5.69 Å². The van der Waals surface area contributed by atoms with Crippen molar-refractivity contribution in [3.63, 3.8) is 0 Å². The van der Waals surface area contributed by atoms with Gasteiger partial charge in [0.25, 0.3) is 5.91 Å². The molecular formula is C20H18F3N3O2S. The summed E-state index contributed by atoms with van der Waals surface area (Å²) < 4.78 is 40.3. The van der Waals surface area contributed by atoms with Gasteiger partial charge in [-0.3, -0.25) is 9.59 Å². The maximum atomic E-state index is 13.0. The molecule has 9 heteroatoms. The number of nitrogens with one attached hydrogen (secondary N) is 1. The van der Waals surface area contributed by atoms with E-state index in [1.807, 2.05) is 0 Å². The first kappa shape index (κ1) is 20.8. The minimum Gasteiger partial charge on any atom is -0.345 e. The number of carbonyl (C=O) groups is 2. The van der Waals surface area contributed by atoms with Crippen LogP contribution < -0.4 is 5.32 Å². The van der Waals surface area contributed by atoms with Crippen LogP contribution in [0.15, 0.2) is 42.6 Å². The van der Waals surface area contributed by atoms with Crippen LogP contribution in [0.25, 0.3) is 5.69 Å². The molecule has 152 valence electrons. The fraction of sp³-hybridized carbons (Fsp3) is 0.250. The van der Waals surface area contributed by atoms with E-state index >= 15 is 0 Å². The van der Waals surface area contributed by atoms with Crippen molar-refractivity contribution in [2.75, 3.05) is 0 Å². The number of ketones is 1. The number of amides is 1. The smallest absolute Gasteiger partial charge is 0.345 e. The summed E-state index contributed by atoms with van der Waals surface area (Å²) in [4.78, 5) is 24.7. The fourth-order valence-electron chi connectivity index (χ4n) is 2.92. The van der Waals surface area contributed by atoms with Crippen LogP contribution in [-0.2, 0) is 6.18 Å². The molecule has 0 fully saturated rings. The maximum absolute atomic E-state index is 13.0. The average Bonchev–Trinajstić information content (AvgIpc) is 3.28. The topological polar surface area (TPSA) is 64.0 Å². The van der Waals surface area contributed by atoms with Crippen molar-refractivity contribution in [2.24, 2.45) is 0 Å². The molecule has 1 amide bonds. The first-order chi connectivity index (χ1) is 13.6. The quantitative estimate of drug-likeness (QED) is 0.593. The highest BCUT2D eigenvalue weighted by molar-refractivity contribution is 7.15. The Bertz CT molecular complexity index is 1070. The molecule has 2 aromatic heterocycles. The summed E-state index contributed by atoms with van der Waals surface area (Å²) in [5, 5.41) is 7.03. The summed E-state index contributed by atoms with van der Waals surface area (Å²) in [6, 6.07) is 7.66. The van der Waals surface area contributed by atoms with Gasteiger partial charge < -0.3 is 5.32 Å². The Labute approximate surface area is 169 Å². The second-order valence-electron chi connectivity index (χ2n) is 6.56. The van der Waals surface area contributed by atoms with Crippen molar-refractivity contribution in [1.82, 2.24) is 15.1 Å². The number of alkyl halides is 3. The van der Waals surface area contributed by atoms with E-state index in [2.05, 4.69) is 10.4 Å². The normalized spacial score (nSPS) is 12.6. The van der Waals surface area contributed by atoms with E-state index in [0.29, 0.717) is 21.0 Å². The lowest BCUT2D eigenvalue weighted by atomic mass is 10.1. The molecule has 0 aliphatic rings. The SMILES string of the molecule is CC(=O)c1ccc(C(=O)N[C@H](C)c2cnn(-c3cccc(C(F)(F)F)c3)c2C)s1. The predicted octanol–water partition coefficient (Wildman–Crippen LogP) is 4.95. The van der Waals surface area contributed by atoms with Gasteiger partial charge in [-0.2, -0.15) is 18.3 Å². The third-order valence-electron chi connectivity index (χ3n) is 4.46. The highest BCUT2D eigenvalue weighted by Gasteiger charge is 2.30. The molecule has 1 N–H and O–H groups in total. The Balaban J connectivity index is 1.81. The van der Waals surface area contributed by atoms with Crippen LogP contribution in [0.3, 0.4) is 0 Å². The number of nitrogens with zero attached hydrogens (tertiary/aromatic N) is 2. The molecule has 3 rings (SSSR count). The second-order valence-corrected chi connectivity index (χ2v) is 7.64. The van der Waals surface area contributed by atoms with Crippen LogP contribution in [0, 0.1) is 6.92 Å². The Morgan fingerprint density at radius 1 is 1.17 bits per heavy atom. The molecular weight excluding hydrogens is 403 g/mol. The molecule has 0 aliphatic carbocycles. The standard InChI is InChI=1S/C20H18F3N3O2S/c1-11(25-19(28)18-8-7-17(29-18)13(3)27)16-10-24-26(12(16)2)15-6-4-5-14(9-15)20(21,22)23/h4-11H,1-3H3,(H,25,28)/t11-/m1/s1. The van der Waals surface area contributed by atoms with Gasteiger partial charge in [-0.25, -0.2) is 4.68 Å². The summed E-state index contributed by atoms with van der Waals surface area (Å²) in [5.41, 5.74) is 0.824. The first-order valence-corrected chi connectivity index (χ1v) is 9.53. The molecule has 29 heavy (non-hydrogen) atoms. The van der Waals surface area contributed by atoms with Gasteiger partial charge in [0.2, 0.25) is 0 Å². The first-order valence-electron chi connectivity index (χ1n) is 8.71. The van der Waals surface area contributed by atoms with Crippen LogP contribution in [0.1, 0.15) is 56.1 Å². The number of carbonyl (C=O) groups excluding carboxylic acids is 2. The molecule has 1 atom stereocenters. The van der Waals surface area contributed by atoms with Crippen molar-refractivity contribution in [3.05, 3.63) is 69.2 Å². The zero-order valence-corrected chi connectivity index (χ0v) is 16.7. The van der Waals surface area contributed by atoms with Gasteiger partial charge in [-0.05, 0) is 51.1 Å². The minimum atomic E-state index is -4.44. The Kier molecular flexibility index (Phi) is 5.61. The number of hydrogen-bond donors (Lipinski definition) is 1. The lowest BCUT2D eigenvalue weighted by molar-refractivity contribution is -0.137. The molecule has 1 aromatic carbocycles. The zero-order valence-electron chi connectivity index (χ0n) is 15.9. The van der Waals surface area contributed by atoms with Crippen molar-refractivity contribution < 1.29 is 22.8 Å². The van der Waals surface area contributed by atoms with Crippen molar-refractivity contribution >= 4 is 23.0 Å². The predicted molar refractivity (Wildman–Crippen MR) is 104 cm³/mol. The molecule has 0 saturated carbocycles. The van der Waals surface area contributed by atoms with Crippen LogP contribution in [0.4, 0.5) is 13.2 Å². The second kappa shape index (κ2) is 7.82. The number of Topliss-reactive ketones (excluding diaryl/α,β-unsaturated/α-hetero) is 1. The summed E-state index contributed by atoms with van der Waals surface area (Å²) >= 11 is 1.11. The van der Waals surface area contributed by atoms with Crippen molar-refractivity contribution in [1.29, 1.82) is 0 Å². The van der Waals surface area contributed by atoms with Gasteiger partial charge in [0.1, 0.15) is 0 Å². The van der Waals surface area contributed by atoms with Gasteiger partial charge in [-0.1, -0.05) is 6.07 Å². The molecule has 5 nitrogen and oxygen atoms in total. The molecule has 0 aliphatic heterocycles. The lowest BCUT2D eigenvalue weighted by Crippen LogP contribution is -2.26. The molecule has 2 heterocycles. The molecule has 0 unspecified atom stereocenters. The van der Waals surface area contributed by atoms with Crippen LogP contribution in [-0.4, -0.2) is 21.5 Å². The van der Waals surface area contributed by atoms with Crippen LogP contribution >= 0.6 is 11.3 Å². The number of hydrogen-bond acceptors (Lipinski definition) is 4. The van der Waals surface area contributed by atoms with E-state index in [0.717, 1.165) is 23.5 Å². The summed E-state index contributed by atoms with van der Waals surface area (Å²) in [7, 11) is 0. The highest BCUT2D eigenvalue weighted by Crippen LogP contribution is 2.31. The summed E-state index contributed by atoms with van der Waals surface area (Å²) in [6.07, 6.45) is -2.92. The molecule has 0 bridgehead atoms. The van der Waals surface area contributed by atoms with E-state index in [-0.39, 0.29) is 17.4 Å². The molecule has 0 spiro atoms. The lowest BCUT2D eigenvalue weighted by Gasteiger charge is -2.14. The average molecular weight is 421 g/mol. The largest absolute Gasteiger partial charge is 0.416 e. The summed E-state index contributed by atoms with van der Waals surface area (Å²) in [6.45, 7) is 4.92. The Morgan fingerprint density at radius 3 is 2.48 bits per heavy atom. The number of rotatable bonds is 5. The summed E-state index contributed by atoms with van der Waals surface area (Å²) in [5.74, 6) is -0.443. The minimum absolute atomic E-state index is 0.111. The van der Waals surface area contributed by atoms with Gasteiger partial charge in [0.05, 0.1) is 33.2 Å². The van der Waals surface area contributed by atoms with E-state index in [1.54, 1.807) is 26.0 Å². The zero-order chi connectivity index (χ0) is 21.3. The van der Waals surface area contributed by atoms with E-state index in [9.17, 15) is 22.8 Å². The maximum Gasteiger partial charge on any atom is 0.416 e. The Hall–Kier alpha value is -2.94. The number of aromatic nitrogens is 2. The Morgan fingerprint density at radius 2 is 1.86 bits per heavy atom. The van der Waals surface area contributed by atoms with Crippen molar-refractivity contribution in [2.45, 2.75) is 33.0 Å². The monoisotopic (exact) mass is 421 g/mol. The van der Waals surface area contributed by atoms with Gasteiger partial charge in [0.15, 0.2) is 5.78 Å². The van der Waals surface area contributed by atoms with E-state index in [1.165, 1.54) is 29.9 Å².